The van der Waals surface area contributed by atoms with Crippen LogP contribution in [0, 0.1) is 0 Å². The van der Waals surface area contributed by atoms with Gasteiger partial charge in [-0.1, -0.05) is 0 Å². The monoisotopic (exact) mass is 306 g/mol. The molecule has 122 valence electrons. The minimum absolute atomic E-state index is 0.118. The summed E-state index contributed by atoms with van der Waals surface area (Å²) in [7, 11) is 7.34. The van der Waals surface area contributed by atoms with Gasteiger partial charge in [-0.2, -0.15) is 0 Å². The molecule has 0 aromatic carbocycles. The van der Waals surface area contributed by atoms with Crippen LogP contribution in [0.3, 0.4) is 0 Å². The minimum atomic E-state index is 0.118. The number of aromatic nitrogens is 2. The lowest BCUT2D eigenvalue weighted by Crippen LogP contribution is -2.36. The molecule has 0 aliphatic carbocycles. The Morgan fingerprint density at radius 1 is 1.41 bits per heavy atom. The Morgan fingerprint density at radius 3 is 2.82 bits per heavy atom. The molecule has 1 aliphatic rings. The Balaban J connectivity index is 2.21. The van der Waals surface area contributed by atoms with E-state index in [9.17, 15) is 4.79 Å². The highest BCUT2D eigenvalue weighted by molar-refractivity contribution is 5.77. The normalized spacial score (nSPS) is 18.5. The highest BCUT2D eigenvalue weighted by Crippen LogP contribution is 2.30. The molecule has 1 amide bonds. The quantitative estimate of drug-likeness (QED) is 0.795. The Hall–Kier alpha value is -1.73. The van der Waals surface area contributed by atoms with Crippen molar-refractivity contribution in [3.63, 3.8) is 0 Å². The highest BCUT2D eigenvalue weighted by atomic mass is 16.2. The van der Waals surface area contributed by atoms with Crippen LogP contribution in [0.5, 0.6) is 0 Å². The first-order valence-electron chi connectivity index (χ1n) is 7.69. The van der Waals surface area contributed by atoms with E-state index in [1.807, 2.05) is 20.2 Å². The number of likely N-dealkylation sites (N-methyl/N-ethyl adjacent to an activating group) is 1. The van der Waals surface area contributed by atoms with Crippen LogP contribution in [0.25, 0.3) is 0 Å². The molecule has 0 bridgehead atoms. The number of rotatable bonds is 6. The van der Waals surface area contributed by atoms with E-state index in [0.717, 1.165) is 36.7 Å². The van der Waals surface area contributed by atoms with E-state index in [1.54, 1.807) is 19.0 Å². The van der Waals surface area contributed by atoms with E-state index in [1.165, 1.54) is 0 Å². The van der Waals surface area contributed by atoms with Crippen molar-refractivity contribution in [1.29, 1.82) is 0 Å². The maximum absolute atomic E-state index is 12.0. The average Bonchev–Trinajstić information content (AvgIpc) is 2.95. The molecule has 0 saturated carbocycles. The molecule has 0 unspecified atom stereocenters. The van der Waals surface area contributed by atoms with Crippen LogP contribution in [-0.2, 0) is 11.3 Å². The van der Waals surface area contributed by atoms with Crippen molar-refractivity contribution in [1.82, 2.24) is 25.1 Å². The molecular weight excluding hydrogens is 280 g/mol. The first-order chi connectivity index (χ1) is 10.5. The summed E-state index contributed by atoms with van der Waals surface area (Å²) >= 11 is 0. The number of nitrogens with one attached hydrogen (secondary N) is 2. The fourth-order valence-corrected chi connectivity index (χ4v) is 2.69. The van der Waals surface area contributed by atoms with Gasteiger partial charge in [-0.25, -0.2) is 9.97 Å². The van der Waals surface area contributed by atoms with Gasteiger partial charge in [-0.3, -0.25) is 9.69 Å². The largest absolute Gasteiger partial charge is 0.373 e. The van der Waals surface area contributed by atoms with Crippen molar-refractivity contribution in [3.05, 3.63) is 17.6 Å². The lowest BCUT2D eigenvalue weighted by Gasteiger charge is -2.24. The Bertz CT molecular complexity index is 519. The molecular formula is C15H26N6O. The first-order valence-corrected chi connectivity index (χ1v) is 7.69. The van der Waals surface area contributed by atoms with Crippen molar-refractivity contribution in [2.75, 3.05) is 46.6 Å². The van der Waals surface area contributed by atoms with Crippen LogP contribution >= 0.6 is 0 Å². The summed E-state index contributed by atoms with van der Waals surface area (Å²) in [6.07, 6.45) is 2.06. The van der Waals surface area contributed by atoms with E-state index in [4.69, 9.17) is 0 Å². The summed E-state index contributed by atoms with van der Waals surface area (Å²) in [5.74, 6) is 1.74. The molecule has 2 heterocycles. The van der Waals surface area contributed by atoms with Gasteiger partial charge in [0.25, 0.3) is 0 Å². The third-order valence-corrected chi connectivity index (χ3v) is 3.91. The van der Waals surface area contributed by atoms with Crippen LogP contribution in [-0.4, -0.2) is 67.0 Å². The first kappa shape index (κ1) is 16.6. The zero-order valence-electron chi connectivity index (χ0n) is 13.9. The van der Waals surface area contributed by atoms with Crippen molar-refractivity contribution in [2.24, 2.45) is 0 Å². The van der Waals surface area contributed by atoms with Crippen molar-refractivity contribution in [3.8, 4) is 0 Å². The van der Waals surface area contributed by atoms with E-state index in [0.29, 0.717) is 13.1 Å². The molecule has 22 heavy (non-hydrogen) atoms. The number of hydrogen-bond acceptors (Lipinski definition) is 6. The lowest BCUT2D eigenvalue weighted by molar-refractivity contribution is -0.130. The topological polar surface area (TPSA) is 73.4 Å². The molecule has 1 aromatic rings. The molecule has 1 aromatic heterocycles. The molecule has 2 N–H and O–H groups in total. The molecule has 0 spiro atoms. The third kappa shape index (κ3) is 3.92. The number of likely N-dealkylation sites (tertiary alicyclic amines) is 1. The third-order valence-electron chi connectivity index (χ3n) is 3.91. The van der Waals surface area contributed by atoms with E-state index in [-0.39, 0.29) is 11.9 Å². The van der Waals surface area contributed by atoms with Crippen LogP contribution in [0.15, 0.2) is 6.07 Å². The number of carbonyl (C=O) groups is 1. The van der Waals surface area contributed by atoms with E-state index >= 15 is 0 Å². The SMILES string of the molecule is CNCc1cc(NC)nc([C@@H]2CCCN2CC(=O)N(C)C)n1. The van der Waals surface area contributed by atoms with Crippen molar-refractivity contribution in [2.45, 2.75) is 25.4 Å². The summed E-state index contributed by atoms with van der Waals surface area (Å²) < 4.78 is 0. The Morgan fingerprint density at radius 2 is 2.18 bits per heavy atom. The van der Waals surface area contributed by atoms with Gasteiger partial charge in [0.1, 0.15) is 11.6 Å². The van der Waals surface area contributed by atoms with Gasteiger partial charge in [0.05, 0.1) is 18.3 Å². The van der Waals surface area contributed by atoms with Crippen LogP contribution in [0.1, 0.15) is 30.4 Å². The Labute approximate surface area is 132 Å². The predicted octanol–water partition coefficient (Wildman–Crippen LogP) is 0.463. The second kappa shape index (κ2) is 7.51. The van der Waals surface area contributed by atoms with Crippen LogP contribution < -0.4 is 10.6 Å². The number of amides is 1. The predicted molar refractivity (Wildman–Crippen MR) is 86.6 cm³/mol. The number of nitrogens with zero attached hydrogens (tertiary/aromatic N) is 4. The van der Waals surface area contributed by atoms with Crippen molar-refractivity contribution >= 4 is 11.7 Å². The van der Waals surface area contributed by atoms with Gasteiger partial charge < -0.3 is 15.5 Å². The Kier molecular flexibility index (Phi) is 5.68. The average molecular weight is 306 g/mol. The summed E-state index contributed by atoms with van der Waals surface area (Å²) in [6, 6.07) is 2.07. The van der Waals surface area contributed by atoms with E-state index in [2.05, 4.69) is 25.5 Å². The number of hydrogen-bond donors (Lipinski definition) is 2. The number of anilines is 1. The fourth-order valence-electron chi connectivity index (χ4n) is 2.69. The number of carbonyl (C=O) groups excluding carboxylic acids is 1. The van der Waals surface area contributed by atoms with Gasteiger partial charge in [-0.05, 0) is 26.4 Å². The zero-order valence-corrected chi connectivity index (χ0v) is 13.9. The smallest absolute Gasteiger partial charge is 0.236 e. The molecule has 1 atom stereocenters. The van der Waals surface area contributed by atoms with Crippen LogP contribution in [0.2, 0.25) is 0 Å². The second-order valence-corrected chi connectivity index (χ2v) is 5.80. The molecule has 2 rings (SSSR count). The second-order valence-electron chi connectivity index (χ2n) is 5.80. The maximum atomic E-state index is 12.0. The maximum Gasteiger partial charge on any atom is 0.236 e. The van der Waals surface area contributed by atoms with Gasteiger partial charge >= 0.3 is 0 Å². The summed E-state index contributed by atoms with van der Waals surface area (Å²) in [5.41, 5.74) is 0.961. The van der Waals surface area contributed by atoms with Crippen LogP contribution in [0.4, 0.5) is 5.82 Å². The van der Waals surface area contributed by atoms with Crippen molar-refractivity contribution < 1.29 is 4.79 Å². The fraction of sp³-hybridized carbons (Fsp3) is 0.667. The molecule has 0 radical (unpaired) electrons. The molecule has 7 heteroatoms. The lowest BCUT2D eigenvalue weighted by atomic mass is 10.2. The van der Waals surface area contributed by atoms with Gasteiger partial charge in [0.15, 0.2) is 0 Å². The standard InChI is InChI=1S/C15H26N6O/c1-16-9-11-8-13(17-2)19-15(18-11)12-6-5-7-21(12)10-14(22)20(3)4/h8,12,16H,5-7,9-10H2,1-4H3,(H,17,18,19)/t12-/m0/s1. The highest BCUT2D eigenvalue weighted by Gasteiger charge is 2.30. The molecule has 7 nitrogen and oxygen atoms in total. The zero-order chi connectivity index (χ0) is 16.1. The summed E-state index contributed by atoms with van der Waals surface area (Å²) in [5, 5.41) is 6.21. The minimum Gasteiger partial charge on any atom is -0.373 e. The van der Waals surface area contributed by atoms with E-state index < -0.39 is 0 Å². The van der Waals surface area contributed by atoms with Gasteiger partial charge in [0, 0.05) is 33.8 Å². The molecule has 1 fully saturated rings. The van der Waals surface area contributed by atoms with Gasteiger partial charge in [-0.15, -0.1) is 0 Å². The van der Waals surface area contributed by atoms with Gasteiger partial charge in [0.2, 0.25) is 5.91 Å². The molecule has 1 saturated heterocycles. The molecule has 1 aliphatic heterocycles. The summed E-state index contributed by atoms with van der Waals surface area (Å²) in [4.78, 5) is 25.1. The summed E-state index contributed by atoms with van der Waals surface area (Å²) in [6.45, 7) is 2.04.